The summed E-state index contributed by atoms with van der Waals surface area (Å²) in [6, 6.07) is 12.6. The minimum absolute atomic E-state index is 0.205. The Bertz CT molecular complexity index is 601. The highest BCUT2D eigenvalue weighted by Gasteiger charge is 2.08. The molecule has 4 heteroatoms. The summed E-state index contributed by atoms with van der Waals surface area (Å²) in [5.41, 5.74) is 8.79. The van der Waals surface area contributed by atoms with Gasteiger partial charge in [-0.2, -0.15) is 0 Å². The minimum atomic E-state index is -0.205. The number of halogens is 1. The highest BCUT2D eigenvalue weighted by atomic mass is 19.1. The normalized spacial score (nSPS) is 10.9. The second kappa shape index (κ2) is 7.20. The van der Waals surface area contributed by atoms with Crippen molar-refractivity contribution >= 4 is 0 Å². The van der Waals surface area contributed by atoms with E-state index < -0.39 is 0 Å². The van der Waals surface area contributed by atoms with Gasteiger partial charge >= 0.3 is 0 Å². The first-order valence-electron chi connectivity index (χ1n) is 6.91. The first-order chi connectivity index (χ1) is 10.1. The molecular formula is C17H21FN2O. The van der Waals surface area contributed by atoms with Crippen LogP contribution in [0.2, 0.25) is 0 Å². The van der Waals surface area contributed by atoms with Crippen molar-refractivity contribution in [2.75, 3.05) is 14.2 Å². The molecule has 0 unspecified atom stereocenters. The van der Waals surface area contributed by atoms with E-state index in [9.17, 15) is 4.39 Å². The van der Waals surface area contributed by atoms with Gasteiger partial charge in [-0.1, -0.05) is 18.2 Å². The van der Waals surface area contributed by atoms with Gasteiger partial charge in [0, 0.05) is 25.2 Å². The largest absolute Gasteiger partial charge is 0.496 e. The Morgan fingerprint density at radius 1 is 1.10 bits per heavy atom. The van der Waals surface area contributed by atoms with E-state index in [1.807, 2.05) is 25.2 Å². The first kappa shape index (κ1) is 15.5. The maximum Gasteiger partial charge on any atom is 0.123 e. The standard InChI is InChI=1S/C17H21FN2O/c1-20(11-14-4-3-5-16(18)9-14)12-15-8-13(10-19)6-7-17(15)21-2/h3-9H,10-12,19H2,1-2H3. The van der Waals surface area contributed by atoms with E-state index in [0.717, 1.165) is 22.4 Å². The van der Waals surface area contributed by atoms with Crippen LogP contribution in [-0.2, 0) is 19.6 Å². The topological polar surface area (TPSA) is 38.5 Å². The predicted octanol–water partition coefficient (Wildman–Crippen LogP) is 2.93. The van der Waals surface area contributed by atoms with Crippen LogP contribution in [0, 0.1) is 5.82 Å². The third-order valence-electron chi connectivity index (χ3n) is 3.36. The van der Waals surface area contributed by atoms with Gasteiger partial charge in [-0.3, -0.25) is 4.90 Å². The average Bonchev–Trinajstić information content (AvgIpc) is 2.47. The fourth-order valence-corrected chi connectivity index (χ4v) is 2.38. The number of nitrogens with zero attached hydrogens (tertiary/aromatic N) is 1. The van der Waals surface area contributed by atoms with Crippen molar-refractivity contribution in [3.8, 4) is 5.75 Å². The fraction of sp³-hybridized carbons (Fsp3) is 0.294. The minimum Gasteiger partial charge on any atom is -0.496 e. The van der Waals surface area contributed by atoms with E-state index >= 15 is 0 Å². The molecule has 0 aliphatic rings. The molecule has 0 bridgehead atoms. The second-order valence-electron chi connectivity index (χ2n) is 5.15. The molecule has 0 radical (unpaired) electrons. The van der Waals surface area contributed by atoms with Crippen LogP contribution in [0.5, 0.6) is 5.75 Å². The zero-order valence-electron chi connectivity index (χ0n) is 12.5. The molecule has 2 aromatic carbocycles. The Balaban J connectivity index is 2.09. The third kappa shape index (κ3) is 4.28. The van der Waals surface area contributed by atoms with Crippen LogP contribution in [0.3, 0.4) is 0 Å². The lowest BCUT2D eigenvalue weighted by atomic mass is 10.1. The van der Waals surface area contributed by atoms with Crippen LogP contribution in [0.15, 0.2) is 42.5 Å². The average molecular weight is 288 g/mol. The maximum atomic E-state index is 13.2. The van der Waals surface area contributed by atoms with Crippen molar-refractivity contribution in [1.29, 1.82) is 0 Å². The van der Waals surface area contributed by atoms with Crippen LogP contribution in [0.25, 0.3) is 0 Å². The Morgan fingerprint density at radius 3 is 2.57 bits per heavy atom. The molecular weight excluding hydrogens is 267 g/mol. The van der Waals surface area contributed by atoms with Crippen molar-refractivity contribution in [3.63, 3.8) is 0 Å². The lowest BCUT2D eigenvalue weighted by Gasteiger charge is -2.19. The molecule has 3 nitrogen and oxygen atoms in total. The van der Waals surface area contributed by atoms with Crippen molar-refractivity contribution in [3.05, 3.63) is 65.0 Å². The highest BCUT2D eigenvalue weighted by Crippen LogP contribution is 2.22. The fourth-order valence-electron chi connectivity index (χ4n) is 2.38. The maximum absolute atomic E-state index is 13.2. The van der Waals surface area contributed by atoms with Crippen molar-refractivity contribution in [2.24, 2.45) is 5.73 Å². The van der Waals surface area contributed by atoms with Crippen molar-refractivity contribution in [2.45, 2.75) is 19.6 Å². The molecule has 0 saturated carbocycles. The molecule has 0 aromatic heterocycles. The van der Waals surface area contributed by atoms with E-state index in [-0.39, 0.29) is 5.82 Å². The van der Waals surface area contributed by atoms with E-state index in [1.54, 1.807) is 19.2 Å². The molecule has 112 valence electrons. The first-order valence-corrected chi connectivity index (χ1v) is 6.91. The highest BCUT2D eigenvalue weighted by molar-refractivity contribution is 5.37. The quantitative estimate of drug-likeness (QED) is 0.888. The van der Waals surface area contributed by atoms with Gasteiger partial charge in [-0.15, -0.1) is 0 Å². The van der Waals surface area contributed by atoms with Crippen LogP contribution in [0.4, 0.5) is 4.39 Å². The van der Waals surface area contributed by atoms with Gasteiger partial charge in [0.25, 0.3) is 0 Å². The molecule has 0 spiro atoms. The number of rotatable bonds is 6. The van der Waals surface area contributed by atoms with E-state index in [1.165, 1.54) is 6.07 Å². The summed E-state index contributed by atoms with van der Waals surface area (Å²) >= 11 is 0. The van der Waals surface area contributed by atoms with E-state index in [4.69, 9.17) is 10.5 Å². The molecule has 0 fully saturated rings. The molecule has 2 aromatic rings. The summed E-state index contributed by atoms with van der Waals surface area (Å²) in [5, 5.41) is 0. The smallest absolute Gasteiger partial charge is 0.123 e. The number of ether oxygens (including phenoxy) is 1. The molecule has 0 aliphatic carbocycles. The van der Waals surface area contributed by atoms with Gasteiger partial charge in [0.1, 0.15) is 11.6 Å². The van der Waals surface area contributed by atoms with Crippen LogP contribution < -0.4 is 10.5 Å². The number of methoxy groups -OCH3 is 1. The van der Waals surface area contributed by atoms with Crippen molar-refractivity contribution < 1.29 is 9.13 Å². The van der Waals surface area contributed by atoms with Crippen LogP contribution in [0.1, 0.15) is 16.7 Å². The molecule has 0 atom stereocenters. The Labute approximate surface area is 125 Å². The van der Waals surface area contributed by atoms with Gasteiger partial charge in [-0.05, 0) is 42.4 Å². The van der Waals surface area contributed by atoms with Gasteiger partial charge in [-0.25, -0.2) is 4.39 Å². The number of hydrogen-bond donors (Lipinski definition) is 1. The molecule has 0 aliphatic heterocycles. The molecule has 0 heterocycles. The number of benzene rings is 2. The molecule has 2 rings (SSSR count). The molecule has 21 heavy (non-hydrogen) atoms. The summed E-state index contributed by atoms with van der Waals surface area (Å²) in [7, 11) is 3.66. The summed E-state index contributed by atoms with van der Waals surface area (Å²) in [5.74, 6) is 0.641. The molecule has 0 amide bonds. The molecule has 0 saturated heterocycles. The lowest BCUT2D eigenvalue weighted by molar-refractivity contribution is 0.309. The summed E-state index contributed by atoms with van der Waals surface area (Å²) in [6.45, 7) is 1.89. The Kier molecular flexibility index (Phi) is 5.31. The number of nitrogens with two attached hydrogens (primary N) is 1. The number of hydrogen-bond acceptors (Lipinski definition) is 3. The Hall–Kier alpha value is -1.91. The molecule has 2 N–H and O–H groups in total. The second-order valence-corrected chi connectivity index (χ2v) is 5.15. The summed E-state index contributed by atoms with van der Waals surface area (Å²) in [4.78, 5) is 2.12. The zero-order valence-corrected chi connectivity index (χ0v) is 12.5. The summed E-state index contributed by atoms with van der Waals surface area (Å²) < 4.78 is 18.6. The lowest BCUT2D eigenvalue weighted by Crippen LogP contribution is -2.18. The predicted molar refractivity (Wildman–Crippen MR) is 82.5 cm³/mol. The van der Waals surface area contributed by atoms with E-state index in [2.05, 4.69) is 11.0 Å². The van der Waals surface area contributed by atoms with Gasteiger partial charge < -0.3 is 10.5 Å². The van der Waals surface area contributed by atoms with Gasteiger partial charge in [0.05, 0.1) is 7.11 Å². The van der Waals surface area contributed by atoms with Crippen molar-refractivity contribution in [1.82, 2.24) is 4.90 Å². The Morgan fingerprint density at radius 2 is 1.90 bits per heavy atom. The van der Waals surface area contributed by atoms with Crippen LogP contribution >= 0.6 is 0 Å². The zero-order chi connectivity index (χ0) is 15.2. The SMILES string of the molecule is COc1ccc(CN)cc1CN(C)Cc1cccc(F)c1. The van der Waals surface area contributed by atoms with Gasteiger partial charge in [0.2, 0.25) is 0 Å². The van der Waals surface area contributed by atoms with Gasteiger partial charge in [0.15, 0.2) is 0 Å². The van der Waals surface area contributed by atoms with Crippen LogP contribution in [-0.4, -0.2) is 19.1 Å². The monoisotopic (exact) mass is 288 g/mol. The third-order valence-corrected chi connectivity index (χ3v) is 3.36. The van der Waals surface area contributed by atoms with E-state index in [0.29, 0.717) is 19.6 Å². The summed E-state index contributed by atoms with van der Waals surface area (Å²) in [6.07, 6.45) is 0.